The van der Waals surface area contributed by atoms with E-state index >= 15 is 0 Å². The Kier molecular flexibility index (Phi) is 3.70. The molecule has 0 saturated carbocycles. The molecule has 1 aromatic carbocycles. The molecule has 3 rings (SSSR count). The monoisotopic (exact) mass is 296 g/mol. The van der Waals surface area contributed by atoms with Crippen molar-refractivity contribution < 1.29 is 14.3 Å². The second-order valence-corrected chi connectivity index (χ2v) is 5.29. The molecule has 1 unspecified atom stereocenters. The van der Waals surface area contributed by atoms with Crippen LogP contribution in [0.1, 0.15) is 29.0 Å². The Morgan fingerprint density at radius 2 is 2.18 bits per heavy atom. The Bertz CT molecular complexity index is 711. The molecule has 22 heavy (non-hydrogen) atoms. The highest BCUT2D eigenvalue weighted by Crippen LogP contribution is 2.24. The highest BCUT2D eigenvalue weighted by atomic mass is 16.6. The fourth-order valence-corrected chi connectivity index (χ4v) is 2.35. The normalized spacial score (nSPS) is 17.1. The lowest BCUT2D eigenvalue weighted by Crippen LogP contribution is -2.52. The summed E-state index contributed by atoms with van der Waals surface area (Å²) >= 11 is 0. The maximum absolute atomic E-state index is 12.4. The SMILES string of the molecule is C#CC1(OC(=O)c2cncn2C(C)c2ccccc2)COC1. The van der Waals surface area contributed by atoms with E-state index in [1.54, 1.807) is 10.9 Å². The highest BCUT2D eigenvalue weighted by molar-refractivity contribution is 5.88. The van der Waals surface area contributed by atoms with E-state index in [2.05, 4.69) is 10.9 Å². The van der Waals surface area contributed by atoms with Crippen LogP contribution < -0.4 is 0 Å². The summed E-state index contributed by atoms with van der Waals surface area (Å²) in [7, 11) is 0. The molecular weight excluding hydrogens is 280 g/mol. The number of aromatic nitrogens is 2. The second-order valence-electron chi connectivity index (χ2n) is 5.29. The number of carbonyl (C=O) groups is 1. The van der Waals surface area contributed by atoms with Gasteiger partial charge in [0.15, 0.2) is 0 Å². The predicted molar refractivity (Wildman–Crippen MR) is 80.3 cm³/mol. The molecule has 0 amide bonds. The van der Waals surface area contributed by atoms with Gasteiger partial charge in [0.05, 0.1) is 18.6 Å². The van der Waals surface area contributed by atoms with Crippen molar-refractivity contribution in [3.8, 4) is 12.3 Å². The van der Waals surface area contributed by atoms with E-state index in [9.17, 15) is 4.79 Å². The lowest BCUT2D eigenvalue weighted by molar-refractivity contribution is -0.146. The molecule has 0 radical (unpaired) electrons. The molecule has 1 saturated heterocycles. The number of benzene rings is 1. The number of hydrogen-bond donors (Lipinski definition) is 0. The topological polar surface area (TPSA) is 53.3 Å². The molecule has 1 fully saturated rings. The van der Waals surface area contributed by atoms with Crippen LogP contribution in [0.25, 0.3) is 0 Å². The van der Waals surface area contributed by atoms with Crippen molar-refractivity contribution >= 4 is 5.97 Å². The van der Waals surface area contributed by atoms with E-state index in [0.29, 0.717) is 5.69 Å². The molecule has 5 nitrogen and oxygen atoms in total. The largest absolute Gasteiger partial charge is 0.436 e. The fourth-order valence-electron chi connectivity index (χ4n) is 2.35. The highest BCUT2D eigenvalue weighted by Gasteiger charge is 2.41. The molecule has 112 valence electrons. The first-order valence-corrected chi connectivity index (χ1v) is 7.01. The number of esters is 1. The van der Waals surface area contributed by atoms with Gasteiger partial charge in [-0.2, -0.15) is 0 Å². The molecule has 1 aliphatic rings. The smallest absolute Gasteiger partial charge is 0.358 e. The third-order valence-corrected chi connectivity index (χ3v) is 3.80. The van der Waals surface area contributed by atoms with E-state index in [1.807, 2.05) is 37.3 Å². The van der Waals surface area contributed by atoms with Gasteiger partial charge in [-0.1, -0.05) is 36.3 Å². The molecule has 5 heteroatoms. The second kappa shape index (κ2) is 5.66. The third-order valence-electron chi connectivity index (χ3n) is 3.80. The van der Waals surface area contributed by atoms with Crippen LogP contribution in [0, 0.1) is 12.3 Å². The van der Waals surface area contributed by atoms with E-state index in [-0.39, 0.29) is 19.3 Å². The van der Waals surface area contributed by atoms with Crippen molar-refractivity contribution in [1.82, 2.24) is 9.55 Å². The van der Waals surface area contributed by atoms with Gasteiger partial charge < -0.3 is 14.0 Å². The summed E-state index contributed by atoms with van der Waals surface area (Å²) in [4.78, 5) is 16.5. The molecule has 1 aromatic heterocycles. The summed E-state index contributed by atoms with van der Waals surface area (Å²) in [5.74, 6) is 2.01. The number of carbonyl (C=O) groups excluding carboxylic acids is 1. The Labute approximate surface area is 128 Å². The summed E-state index contributed by atoms with van der Waals surface area (Å²) in [5, 5.41) is 0. The van der Waals surface area contributed by atoms with E-state index in [1.165, 1.54) is 6.20 Å². The van der Waals surface area contributed by atoms with Gasteiger partial charge in [0.2, 0.25) is 5.60 Å². The maximum atomic E-state index is 12.4. The molecule has 0 N–H and O–H groups in total. The van der Waals surface area contributed by atoms with Crippen molar-refractivity contribution in [1.29, 1.82) is 0 Å². The number of rotatable bonds is 4. The average molecular weight is 296 g/mol. The summed E-state index contributed by atoms with van der Waals surface area (Å²) in [6.45, 7) is 2.46. The molecule has 1 aliphatic heterocycles. The number of ether oxygens (including phenoxy) is 2. The minimum atomic E-state index is -0.942. The van der Waals surface area contributed by atoms with Gasteiger partial charge in [-0.25, -0.2) is 9.78 Å². The minimum absolute atomic E-state index is 0.0364. The first-order chi connectivity index (χ1) is 10.7. The quantitative estimate of drug-likeness (QED) is 0.640. The van der Waals surface area contributed by atoms with Crippen molar-refractivity contribution in [2.45, 2.75) is 18.6 Å². The first kappa shape index (κ1) is 14.4. The lowest BCUT2D eigenvalue weighted by Gasteiger charge is -2.35. The van der Waals surface area contributed by atoms with Gasteiger partial charge in [0.25, 0.3) is 0 Å². The lowest BCUT2D eigenvalue weighted by atomic mass is 10.0. The van der Waals surface area contributed by atoms with Crippen molar-refractivity contribution in [3.63, 3.8) is 0 Å². The standard InChI is InChI=1S/C17H16N2O3/c1-3-17(10-21-11-17)22-16(20)15-9-18-12-19(15)13(2)14-7-5-4-6-8-14/h1,4-9,12-13H,10-11H2,2H3. The van der Waals surface area contributed by atoms with Crippen LogP contribution in [0.3, 0.4) is 0 Å². The molecule has 0 aliphatic carbocycles. The number of hydrogen-bond acceptors (Lipinski definition) is 4. The first-order valence-electron chi connectivity index (χ1n) is 7.01. The molecule has 1 atom stereocenters. The van der Waals surface area contributed by atoms with Crippen LogP contribution in [-0.2, 0) is 9.47 Å². The zero-order valence-corrected chi connectivity index (χ0v) is 12.2. The summed E-state index contributed by atoms with van der Waals surface area (Å²) in [6, 6.07) is 9.84. The van der Waals surface area contributed by atoms with Crippen LogP contribution in [0.4, 0.5) is 0 Å². The van der Waals surface area contributed by atoms with Crippen LogP contribution in [0.15, 0.2) is 42.9 Å². The Morgan fingerprint density at radius 1 is 1.45 bits per heavy atom. The van der Waals surface area contributed by atoms with Crippen LogP contribution in [0.2, 0.25) is 0 Å². The Balaban J connectivity index is 1.83. The molecular formula is C17H16N2O3. The third kappa shape index (κ3) is 2.49. The number of imidazole rings is 1. The van der Waals surface area contributed by atoms with E-state index in [0.717, 1.165) is 5.56 Å². The van der Waals surface area contributed by atoms with Gasteiger partial charge in [0.1, 0.15) is 18.9 Å². The zero-order chi connectivity index (χ0) is 15.6. The van der Waals surface area contributed by atoms with Gasteiger partial charge >= 0.3 is 5.97 Å². The van der Waals surface area contributed by atoms with Crippen LogP contribution in [-0.4, -0.2) is 34.3 Å². The van der Waals surface area contributed by atoms with Crippen molar-refractivity contribution in [2.75, 3.05) is 13.2 Å². The van der Waals surface area contributed by atoms with Gasteiger partial charge in [-0.05, 0) is 12.5 Å². The van der Waals surface area contributed by atoms with Crippen LogP contribution in [0.5, 0.6) is 0 Å². The average Bonchev–Trinajstić information content (AvgIpc) is 3.00. The van der Waals surface area contributed by atoms with Crippen LogP contribution >= 0.6 is 0 Å². The van der Waals surface area contributed by atoms with E-state index < -0.39 is 11.6 Å². The molecule has 2 aromatic rings. The molecule has 0 bridgehead atoms. The van der Waals surface area contributed by atoms with Gasteiger partial charge in [0, 0.05) is 0 Å². The summed E-state index contributed by atoms with van der Waals surface area (Å²) < 4.78 is 12.3. The van der Waals surface area contributed by atoms with E-state index in [4.69, 9.17) is 15.9 Å². The van der Waals surface area contributed by atoms with Crippen molar-refractivity contribution in [2.24, 2.45) is 0 Å². The number of nitrogens with zero attached hydrogens (tertiary/aromatic N) is 2. The summed E-state index contributed by atoms with van der Waals surface area (Å²) in [5.41, 5.74) is 0.508. The Hall–Kier alpha value is -2.58. The van der Waals surface area contributed by atoms with Gasteiger partial charge in [-0.15, -0.1) is 6.42 Å². The fraction of sp³-hybridized carbons (Fsp3) is 0.294. The molecule has 2 heterocycles. The predicted octanol–water partition coefficient (Wildman–Crippen LogP) is 2.05. The minimum Gasteiger partial charge on any atom is -0.436 e. The number of terminal acetylenes is 1. The van der Waals surface area contributed by atoms with Gasteiger partial charge in [-0.3, -0.25) is 0 Å². The maximum Gasteiger partial charge on any atom is 0.358 e. The summed E-state index contributed by atoms with van der Waals surface area (Å²) in [6.07, 6.45) is 8.54. The Morgan fingerprint density at radius 3 is 2.77 bits per heavy atom. The zero-order valence-electron chi connectivity index (χ0n) is 12.2. The van der Waals surface area contributed by atoms with Crippen molar-refractivity contribution in [3.05, 3.63) is 54.1 Å². The molecule has 0 spiro atoms.